The molecule has 0 radical (unpaired) electrons. The van der Waals surface area contributed by atoms with E-state index in [4.69, 9.17) is 9.47 Å². The maximum absolute atomic E-state index is 13.6. The van der Waals surface area contributed by atoms with Gasteiger partial charge >= 0.3 is 0 Å². The number of para-hydroxylation sites is 2. The zero-order valence-electron chi connectivity index (χ0n) is 23.4. The summed E-state index contributed by atoms with van der Waals surface area (Å²) in [7, 11) is -0.271. The van der Waals surface area contributed by atoms with Gasteiger partial charge in [-0.1, -0.05) is 18.2 Å². The summed E-state index contributed by atoms with van der Waals surface area (Å²) < 4.78 is 50.9. The van der Waals surface area contributed by atoms with E-state index in [-0.39, 0.29) is 23.9 Å². The number of phenols is 1. The third-order valence-electron chi connectivity index (χ3n) is 6.31. The van der Waals surface area contributed by atoms with Gasteiger partial charge in [0.25, 0.3) is 0 Å². The summed E-state index contributed by atoms with van der Waals surface area (Å²) >= 11 is 0. The topological polar surface area (TPSA) is 155 Å². The average molecular weight is 619 g/mol. The number of hydrogen-bond acceptors (Lipinski definition) is 10. The van der Waals surface area contributed by atoms with Gasteiger partial charge in [0.1, 0.15) is 11.5 Å². The van der Waals surface area contributed by atoms with Crippen LogP contribution in [0.4, 0.5) is 38.8 Å². The summed E-state index contributed by atoms with van der Waals surface area (Å²) in [5, 5.41) is 17.9. The van der Waals surface area contributed by atoms with Crippen LogP contribution in [0.3, 0.4) is 0 Å². The van der Waals surface area contributed by atoms with Gasteiger partial charge in [-0.2, -0.15) is 0 Å². The van der Waals surface area contributed by atoms with E-state index in [1.807, 2.05) is 0 Å². The lowest BCUT2D eigenvalue weighted by Gasteiger charge is -2.21. The van der Waals surface area contributed by atoms with Crippen LogP contribution in [-0.4, -0.2) is 50.2 Å². The standard InChI is InChI=1S/C30H27FN6O6S/c1-42-22-13-20(14-23(16-22)43-2)34-29-30(36-26-9-4-3-8-25(26)35-29)37(44(40)41)21-7-5-6-19(12-21)33-28(39)17-32-18-10-11-27(38)24(31)15-18/h3-16,32,38,44H,17H2,1-2H3,(H,33,39)(H,34,35). The van der Waals surface area contributed by atoms with E-state index < -0.39 is 28.4 Å². The number of anilines is 6. The number of thiol groups is 1. The van der Waals surface area contributed by atoms with Crippen LogP contribution in [0.1, 0.15) is 0 Å². The van der Waals surface area contributed by atoms with Crippen LogP contribution in [0.2, 0.25) is 0 Å². The molecule has 0 bridgehead atoms. The molecule has 5 aromatic rings. The van der Waals surface area contributed by atoms with Crippen molar-refractivity contribution >= 4 is 62.2 Å². The number of methoxy groups -OCH3 is 2. The third kappa shape index (κ3) is 6.87. The zero-order chi connectivity index (χ0) is 31.2. The molecular weight excluding hydrogens is 591 g/mol. The van der Waals surface area contributed by atoms with E-state index in [9.17, 15) is 22.7 Å². The number of aromatic hydroxyl groups is 1. The number of hydrogen-bond donors (Lipinski definition) is 5. The van der Waals surface area contributed by atoms with Crippen molar-refractivity contribution in [2.45, 2.75) is 0 Å². The van der Waals surface area contributed by atoms with Gasteiger partial charge in [-0.3, -0.25) is 4.79 Å². The summed E-state index contributed by atoms with van der Waals surface area (Å²) in [6.07, 6.45) is 0. The van der Waals surface area contributed by atoms with Gasteiger partial charge in [-0.25, -0.2) is 27.1 Å². The first-order valence-electron chi connectivity index (χ1n) is 13.1. The fourth-order valence-corrected chi connectivity index (χ4v) is 4.86. The first kappa shape index (κ1) is 29.8. The molecule has 4 N–H and O–H groups in total. The monoisotopic (exact) mass is 618 g/mol. The van der Waals surface area contributed by atoms with Gasteiger partial charge in [0.15, 0.2) is 23.2 Å². The quantitative estimate of drug-likeness (QED) is 0.101. The van der Waals surface area contributed by atoms with Crippen LogP contribution in [0.5, 0.6) is 17.2 Å². The highest BCUT2D eigenvalue weighted by Crippen LogP contribution is 2.35. The number of rotatable bonds is 11. The fourth-order valence-electron chi connectivity index (χ4n) is 4.25. The summed E-state index contributed by atoms with van der Waals surface area (Å²) in [5.74, 6) is -0.681. The Morgan fingerprint density at radius 3 is 2.23 bits per heavy atom. The van der Waals surface area contributed by atoms with Gasteiger partial charge in [0, 0.05) is 41.3 Å². The molecular formula is C30H27FN6O6S. The van der Waals surface area contributed by atoms with Gasteiger partial charge in [0.2, 0.25) is 16.8 Å². The van der Waals surface area contributed by atoms with Gasteiger partial charge < -0.3 is 30.5 Å². The van der Waals surface area contributed by atoms with Crippen LogP contribution < -0.4 is 29.7 Å². The number of carbonyl (C=O) groups is 1. The second kappa shape index (κ2) is 13.1. The molecule has 0 atom stereocenters. The van der Waals surface area contributed by atoms with Crippen LogP contribution in [0.25, 0.3) is 11.0 Å². The Kier molecular flexibility index (Phi) is 8.90. The van der Waals surface area contributed by atoms with Crippen molar-refractivity contribution in [1.29, 1.82) is 0 Å². The molecule has 0 unspecified atom stereocenters. The number of halogens is 1. The molecule has 0 aliphatic carbocycles. The van der Waals surface area contributed by atoms with Gasteiger partial charge in [-0.05, 0) is 42.5 Å². The predicted octanol–water partition coefficient (Wildman–Crippen LogP) is 4.95. The van der Waals surface area contributed by atoms with Gasteiger partial charge in [-0.15, -0.1) is 0 Å². The van der Waals surface area contributed by atoms with Crippen LogP contribution in [0.15, 0.2) is 84.9 Å². The normalized spacial score (nSPS) is 10.8. The minimum atomic E-state index is -3.30. The molecule has 0 fully saturated rings. The second-order valence-electron chi connectivity index (χ2n) is 9.28. The van der Waals surface area contributed by atoms with E-state index in [0.29, 0.717) is 39.6 Å². The lowest BCUT2D eigenvalue weighted by Crippen LogP contribution is -2.22. The Bertz CT molecular complexity index is 1890. The van der Waals surface area contributed by atoms with E-state index >= 15 is 0 Å². The molecule has 1 amide bonds. The Morgan fingerprint density at radius 2 is 1.57 bits per heavy atom. The lowest BCUT2D eigenvalue weighted by molar-refractivity contribution is -0.114. The number of nitrogens with zero attached hydrogens (tertiary/aromatic N) is 3. The molecule has 0 saturated heterocycles. The minimum Gasteiger partial charge on any atom is -0.505 e. The van der Waals surface area contributed by atoms with E-state index in [1.165, 1.54) is 32.4 Å². The smallest absolute Gasteiger partial charge is 0.243 e. The molecule has 14 heteroatoms. The molecule has 1 aromatic heterocycles. The number of nitrogens with one attached hydrogen (secondary N) is 3. The number of amides is 1. The zero-order valence-corrected chi connectivity index (χ0v) is 24.3. The Balaban J connectivity index is 1.46. The molecule has 44 heavy (non-hydrogen) atoms. The fraction of sp³-hybridized carbons (Fsp3) is 0.100. The SMILES string of the molecule is COc1cc(Nc2nc3ccccc3nc2N(c2cccc(NC(=O)CNc3ccc(O)c(F)c3)c2)[SH](=O)=O)cc(OC)c1. The summed E-state index contributed by atoms with van der Waals surface area (Å²) in [5.41, 5.74) is 2.27. The number of aromatic nitrogens is 2. The predicted molar refractivity (Wildman–Crippen MR) is 166 cm³/mol. The van der Waals surface area contributed by atoms with E-state index in [2.05, 4.69) is 25.9 Å². The first-order chi connectivity index (χ1) is 21.2. The molecule has 4 aromatic carbocycles. The number of benzene rings is 4. The van der Waals surface area contributed by atoms with Crippen molar-refractivity contribution in [2.75, 3.05) is 41.0 Å². The average Bonchev–Trinajstić information content (AvgIpc) is 3.01. The highest BCUT2D eigenvalue weighted by atomic mass is 32.2. The number of carbonyl (C=O) groups excluding carboxylic acids is 1. The highest BCUT2D eigenvalue weighted by molar-refractivity contribution is 7.74. The molecule has 0 spiro atoms. The van der Waals surface area contributed by atoms with Crippen LogP contribution in [-0.2, 0) is 15.7 Å². The maximum atomic E-state index is 13.6. The Hall–Kier alpha value is -5.63. The number of phenolic OH excluding ortho intramolecular Hbond substituents is 1. The first-order valence-corrected chi connectivity index (χ1v) is 14.2. The van der Waals surface area contributed by atoms with Crippen LogP contribution in [0, 0.1) is 5.82 Å². The van der Waals surface area contributed by atoms with Crippen LogP contribution >= 0.6 is 0 Å². The Labute approximate surface area is 253 Å². The molecule has 12 nitrogen and oxygen atoms in total. The van der Waals surface area contributed by atoms with Crippen molar-refractivity contribution in [2.24, 2.45) is 0 Å². The largest absolute Gasteiger partial charge is 0.505 e. The molecule has 0 saturated carbocycles. The van der Waals surface area contributed by atoms with E-state index in [0.717, 1.165) is 10.4 Å². The van der Waals surface area contributed by atoms with E-state index in [1.54, 1.807) is 60.7 Å². The van der Waals surface area contributed by atoms with Crippen molar-refractivity contribution in [3.8, 4) is 17.2 Å². The second-order valence-corrected chi connectivity index (χ2v) is 10.2. The minimum absolute atomic E-state index is 0.0129. The molecule has 0 aliphatic rings. The molecule has 0 aliphatic heterocycles. The lowest BCUT2D eigenvalue weighted by atomic mass is 10.2. The van der Waals surface area contributed by atoms with Crippen molar-refractivity contribution in [3.05, 3.63) is 90.7 Å². The maximum Gasteiger partial charge on any atom is 0.243 e. The Morgan fingerprint density at radius 1 is 0.864 bits per heavy atom. The molecule has 5 rings (SSSR count). The summed E-state index contributed by atoms with van der Waals surface area (Å²) in [4.78, 5) is 21.9. The summed E-state index contributed by atoms with van der Waals surface area (Å²) in [6, 6.07) is 21.9. The van der Waals surface area contributed by atoms with Crippen molar-refractivity contribution < 1.29 is 32.2 Å². The summed E-state index contributed by atoms with van der Waals surface area (Å²) in [6.45, 7) is -0.220. The number of fused-ring (bicyclic) bond motifs is 1. The highest BCUT2D eigenvalue weighted by Gasteiger charge is 2.21. The van der Waals surface area contributed by atoms with Crippen molar-refractivity contribution in [1.82, 2.24) is 9.97 Å². The number of ether oxygens (including phenoxy) is 2. The third-order valence-corrected chi connectivity index (χ3v) is 7.05. The molecule has 226 valence electrons. The van der Waals surface area contributed by atoms with Crippen molar-refractivity contribution in [3.63, 3.8) is 0 Å². The van der Waals surface area contributed by atoms with Gasteiger partial charge in [0.05, 0.1) is 37.5 Å². The molecule has 1 heterocycles.